The SMILES string of the molecule is C[C@]12C=C(Br)C(=O)[C@@]1(C)C=CC2=O. The summed E-state index contributed by atoms with van der Waals surface area (Å²) >= 11 is 3.18. The van der Waals surface area contributed by atoms with Gasteiger partial charge < -0.3 is 0 Å². The third-order valence-corrected chi connectivity index (χ3v) is 3.85. The van der Waals surface area contributed by atoms with Crippen molar-refractivity contribution in [2.24, 2.45) is 10.8 Å². The van der Waals surface area contributed by atoms with E-state index in [0.29, 0.717) is 4.48 Å². The minimum Gasteiger partial charge on any atom is -0.294 e. The summed E-state index contributed by atoms with van der Waals surface area (Å²) in [6, 6.07) is 0. The van der Waals surface area contributed by atoms with Crippen LogP contribution in [0.3, 0.4) is 0 Å². The Labute approximate surface area is 84.8 Å². The van der Waals surface area contributed by atoms with Crippen molar-refractivity contribution in [3.63, 3.8) is 0 Å². The van der Waals surface area contributed by atoms with E-state index in [9.17, 15) is 9.59 Å². The van der Waals surface area contributed by atoms with Gasteiger partial charge in [-0.25, -0.2) is 0 Å². The molecule has 13 heavy (non-hydrogen) atoms. The van der Waals surface area contributed by atoms with Crippen LogP contribution in [0.2, 0.25) is 0 Å². The lowest BCUT2D eigenvalue weighted by Crippen LogP contribution is -2.37. The molecule has 0 unspecified atom stereocenters. The van der Waals surface area contributed by atoms with Crippen molar-refractivity contribution in [3.8, 4) is 0 Å². The van der Waals surface area contributed by atoms with Crippen molar-refractivity contribution in [3.05, 3.63) is 22.7 Å². The van der Waals surface area contributed by atoms with Crippen molar-refractivity contribution in [2.75, 3.05) is 0 Å². The first kappa shape index (κ1) is 8.88. The van der Waals surface area contributed by atoms with Gasteiger partial charge in [-0.3, -0.25) is 9.59 Å². The first-order chi connectivity index (χ1) is 5.92. The summed E-state index contributed by atoms with van der Waals surface area (Å²) in [5.74, 6) is 0.00917. The van der Waals surface area contributed by atoms with Gasteiger partial charge in [0.15, 0.2) is 11.6 Å². The average Bonchev–Trinajstić information content (AvgIpc) is 2.38. The Morgan fingerprint density at radius 3 is 2.38 bits per heavy atom. The maximum Gasteiger partial charge on any atom is 0.180 e. The van der Waals surface area contributed by atoms with E-state index in [4.69, 9.17) is 0 Å². The molecular weight excluding hydrogens is 232 g/mol. The van der Waals surface area contributed by atoms with E-state index >= 15 is 0 Å². The highest BCUT2D eigenvalue weighted by Crippen LogP contribution is 2.54. The van der Waals surface area contributed by atoms with Crippen LogP contribution >= 0.6 is 15.9 Å². The molecule has 0 aromatic rings. The quantitative estimate of drug-likeness (QED) is 0.650. The first-order valence-corrected chi connectivity index (χ1v) is 4.88. The molecule has 2 aliphatic carbocycles. The fourth-order valence-electron chi connectivity index (χ4n) is 1.94. The average molecular weight is 241 g/mol. The van der Waals surface area contributed by atoms with E-state index in [0.717, 1.165) is 0 Å². The number of carbonyl (C=O) groups excluding carboxylic acids is 2. The largest absolute Gasteiger partial charge is 0.294 e. The summed E-state index contributed by atoms with van der Waals surface area (Å²) in [5.41, 5.74) is -1.33. The number of hydrogen-bond acceptors (Lipinski definition) is 2. The molecule has 0 aliphatic heterocycles. The fraction of sp³-hybridized carbons (Fsp3) is 0.400. The molecule has 0 spiro atoms. The predicted octanol–water partition coefficient (Wildman–Crippen LogP) is 2.00. The van der Waals surface area contributed by atoms with Crippen LogP contribution in [0.4, 0.5) is 0 Å². The van der Waals surface area contributed by atoms with Crippen LogP contribution in [-0.4, -0.2) is 11.6 Å². The number of rotatable bonds is 0. The summed E-state index contributed by atoms with van der Waals surface area (Å²) in [7, 11) is 0. The monoisotopic (exact) mass is 240 g/mol. The van der Waals surface area contributed by atoms with Gasteiger partial charge in [0, 0.05) is 0 Å². The number of carbonyl (C=O) groups is 2. The van der Waals surface area contributed by atoms with Gasteiger partial charge >= 0.3 is 0 Å². The molecular formula is C10H9BrO2. The van der Waals surface area contributed by atoms with Crippen LogP contribution < -0.4 is 0 Å². The van der Waals surface area contributed by atoms with Gasteiger partial charge in [-0.15, -0.1) is 0 Å². The van der Waals surface area contributed by atoms with Crippen molar-refractivity contribution < 1.29 is 9.59 Å². The van der Waals surface area contributed by atoms with Crippen molar-refractivity contribution in [1.29, 1.82) is 0 Å². The molecule has 0 saturated heterocycles. The minimum absolute atomic E-state index is 0.00269. The van der Waals surface area contributed by atoms with Crippen LogP contribution in [0, 0.1) is 10.8 Å². The van der Waals surface area contributed by atoms with Crippen LogP contribution in [0.25, 0.3) is 0 Å². The second-order valence-corrected chi connectivity index (χ2v) is 4.78. The number of hydrogen-bond donors (Lipinski definition) is 0. The standard InChI is InChI=1S/C10H9BrO2/c1-9-4-3-7(12)10(9,2)5-6(11)8(9)13/h3-5H,1-2H3/t9-,10-/m1/s1. The zero-order valence-electron chi connectivity index (χ0n) is 7.43. The lowest BCUT2D eigenvalue weighted by Gasteiger charge is -2.29. The van der Waals surface area contributed by atoms with Gasteiger partial charge in [-0.1, -0.05) is 12.2 Å². The molecule has 0 amide bonds. The second kappa shape index (κ2) is 2.21. The smallest absolute Gasteiger partial charge is 0.180 e. The Bertz CT molecular complexity index is 380. The summed E-state index contributed by atoms with van der Waals surface area (Å²) < 4.78 is 0.523. The van der Waals surface area contributed by atoms with E-state index in [1.54, 1.807) is 12.2 Å². The highest BCUT2D eigenvalue weighted by molar-refractivity contribution is 9.12. The highest BCUT2D eigenvalue weighted by atomic mass is 79.9. The lowest BCUT2D eigenvalue weighted by molar-refractivity contribution is -0.130. The summed E-state index contributed by atoms with van der Waals surface area (Å²) in [6.45, 7) is 3.61. The van der Waals surface area contributed by atoms with Crippen LogP contribution in [0.1, 0.15) is 13.8 Å². The van der Waals surface area contributed by atoms with E-state index in [1.807, 2.05) is 13.8 Å². The van der Waals surface area contributed by atoms with Crippen molar-refractivity contribution >= 4 is 27.5 Å². The Morgan fingerprint density at radius 1 is 1.23 bits per heavy atom. The molecule has 3 heteroatoms. The van der Waals surface area contributed by atoms with Gasteiger partial charge in [-0.05, 0) is 35.9 Å². The molecule has 0 bridgehead atoms. The molecule has 0 radical (unpaired) electrons. The first-order valence-electron chi connectivity index (χ1n) is 4.09. The number of halogens is 1. The molecule has 68 valence electrons. The molecule has 0 saturated carbocycles. The molecule has 2 aliphatic rings. The molecule has 0 N–H and O–H groups in total. The maximum absolute atomic E-state index is 11.7. The summed E-state index contributed by atoms with van der Waals surface area (Å²) in [5, 5.41) is 0. The van der Waals surface area contributed by atoms with Crippen LogP contribution in [0.15, 0.2) is 22.7 Å². The van der Waals surface area contributed by atoms with Gasteiger partial charge in [-0.2, -0.15) is 0 Å². The number of Topliss-reactive ketones (excluding diaryl/α,β-unsaturated/α-hetero) is 1. The van der Waals surface area contributed by atoms with Crippen molar-refractivity contribution in [1.82, 2.24) is 0 Å². The Balaban J connectivity index is 2.65. The Morgan fingerprint density at radius 2 is 1.85 bits per heavy atom. The topological polar surface area (TPSA) is 34.1 Å². The second-order valence-electron chi connectivity index (χ2n) is 3.92. The van der Waals surface area contributed by atoms with E-state index < -0.39 is 10.8 Å². The Kier molecular flexibility index (Phi) is 1.51. The van der Waals surface area contributed by atoms with Crippen LogP contribution in [0.5, 0.6) is 0 Å². The van der Waals surface area contributed by atoms with Gasteiger partial charge in [0.05, 0.1) is 15.3 Å². The molecule has 2 nitrogen and oxygen atoms in total. The fourth-order valence-corrected chi connectivity index (χ4v) is 2.81. The molecule has 0 aromatic carbocycles. The van der Waals surface area contributed by atoms with E-state index in [-0.39, 0.29) is 11.6 Å². The third kappa shape index (κ3) is 0.784. The van der Waals surface area contributed by atoms with Gasteiger partial charge in [0.2, 0.25) is 0 Å². The molecule has 0 aromatic heterocycles. The third-order valence-electron chi connectivity index (χ3n) is 3.26. The molecule has 2 rings (SSSR count). The van der Waals surface area contributed by atoms with Gasteiger partial charge in [0.25, 0.3) is 0 Å². The lowest BCUT2D eigenvalue weighted by atomic mass is 9.69. The summed E-state index contributed by atoms with van der Waals surface area (Å²) in [6.07, 6.45) is 4.94. The predicted molar refractivity (Wildman–Crippen MR) is 52.4 cm³/mol. The van der Waals surface area contributed by atoms with Crippen LogP contribution in [-0.2, 0) is 9.59 Å². The normalized spacial score (nSPS) is 42.5. The van der Waals surface area contributed by atoms with Gasteiger partial charge in [0.1, 0.15) is 0 Å². The number of ketones is 2. The zero-order valence-corrected chi connectivity index (χ0v) is 9.01. The minimum atomic E-state index is -0.664. The number of allylic oxidation sites excluding steroid dienone is 4. The molecule has 0 fully saturated rings. The van der Waals surface area contributed by atoms with E-state index in [1.165, 1.54) is 6.08 Å². The molecule has 0 heterocycles. The summed E-state index contributed by atoms with van der Waals surface area (Å²) in [4.78, 5) is 23.3. The maximum atomic E-state index is 11.7. The zero-order chi connectivity index (χ0) is 9.85. The number of fused-ring (bicyclic) bond motifs is 1. The van der Waals surface area contributed by atoms with Crippen molar-refractivity contribution in [2.45, 2.75) is 13.8 Å². The Hall–Kier alpha value is -0.700. The van der Waals surface area contributed by atoms with E-state index in [2.05, 4.69) is 15.9 Å². The molecule has 2 atom stereocenters. The highest BCUT2D eigenvalue weighted by Gasteiger charge is 2.58.